The molecule has 1 fully saturated rings. The van der Waals surface area contributed by atoms with Crippen LogP contribution in [0.2, 0.25) is 0 Å². The molecule has 0 aliphatic carbocycles. The number of nitrogens with zero attached hydrogens (tertiary/aromatic N) is 6. The van der Waals surface area contributed by atoms with Crippen molar-refractivity contribution in [2.45, 2.75) is 13.5 Å². The smallest absolute Gasteiger partial charge is 0.293 e. The van der Waals surface area contributed by atoms with Gasteiger partial charge in [0.15, 0.2) is 11.8 Å². The maximum atomic E-state index is 14.0. The minimum absolute atomic E-state index is 0.116. The molecule has 1 saturated heterocycles. The average Bonchev–Trinajstić information content (AvgIpc) is 2.74. The van der Waals surface area contributed by atoms with E-state index in [-0.39, 0.29) is 17.9 Å². The Hall–Kier alpha value is -3.41. The first-order valence-electron chi connectivity index (χ1n) is 9.52. The van der Waals surface area contributed by atoms with Gasteiger partial charge in [0.25, 0.3) is 5.56 Å². The Morgan fingerprint density at radius 2 is 2.10 bits per heavy atom. The molecule has 0 saturated carbocycles. The summed E-state index contributed by atoms with van der Waals surface area (Å²) in [6.45, 7) is 5.38. The lowest BCUT2D eigenvalue weighted by Crippen LogP contribution is -2.53. The van der Waals surface area contributed by atoms with E-state index < -0.39 is 0 Å². The van der Waals surface area contributed by atoms with Crippen molar-refractivity contribution in [1.29, 1.82) is 5.26 Å². The molecule has 1 aliphatic heterocycles. The van der Waals surface area contributed by atoms with Gasteiger partial charge in [-0.15, -0.1) is 0 Å². The van der Waals surface area contributed by atoms with Crippen LogP contribution in [0.15, 0.2) is 40.4 Å². The standard InChI is InChI=1S/C20H24FN7O/c1-3-23-20(25-14-16-12-15(13-22)4-5-17(16)21)28-10-8-27(9-11-28)18-19(29)26(2)7-6-24-18/h4-7,12H,3,8-11,14H2,1-2H3,(H,23,25). The SMILES string of the molecule is CCNC(=NCc1cc(C#N)ccc1F)N1CCN(c2nccn(C)c2=O)CC1. The van der Waals surface area contributed by atoms with Gasteiger partial charge in [0.1, 0.15) is 5.82 Å². The molecular formula is C20H24FN7O. The second-order valence-corrected chi connectivity index (χ2v) is 6.73. The molecular weight excluding hydrogens is 373 g/mol. The zero-order valence-corrected chi connectivity index (χ0v) is 16.6. The summed E-state index contributed by atoms with van der Waals surface area (Å²) in [5.41, 5.74) is 0.677. The van der Waals surface area contributed by atoms with Gasteiger partial charge in [-0.25, -0.2) is 14.4 Å². The Kier molecular flexibility index (Phi) is 6.44. The lowest BCUT2D eigenvalue weighted by atomic mass is 10.1. The summed E-state index contributed by atoms with van der Waals surface area (Å²) in [5, 5.41) is 12.2. The summed E-state index contributed by atoms with van der Waals surface area (Å²) in [4.78, 5) is 25.1. The molecule has 0 atom stereocenters. The first kappa shape index (κ1) is 20.3. The van der Waals surface area contributed by atoms with E-state index in [0.717, 1.165) is 0 Å². The van der Waals surface area contributed by atoms with E-state index in [1.807, 2.05) is 17.9 Å². The minimum atomic E-state index is -0.376. The van der Waals surface area contributed by atoms with E-state index in [0.29, 0.717) is 55.6 Å². The third-order valence-corrected chi connectivity index (χ3v) is 4.79. The number of benzene rings is 1. The van der Waals surface area contributed by atoms with Gasteiger partial charge in [-0.1, -0.05) is 0 Å². The Labute approximate surface area is 168 Å². The van der Waals surface area contributed by atoms with E-state index in [4.69, 9.17) is 5.26 Å². The number of anilines is 1. The van der Waals surface area contributed by atoms with Gasteiger partial charge in [-0.3, -0.25) is 4.79 Å². The zero-order valence-electron chi connectivity index (χ0n) is 16.6. The van der Waals surface area contributed by atoms with E-state index >= 15 is 0 Å². The van der Waals surface area contributed by atoms with E-state index in [9.17, 15) is 9.18 Å². The van der Waals surface area contributed by atoms with Crippen molar-refractivity contribution in [3.05, 3.63) is 57.9 Å². The first-order valence-corrected chi connectivity index (χ1v) is 9.52. The predicted molar refractivity (Wildman–Crippen MR) is 109 cm³/mol. The number of halogens is 1. The van der Waals surface area contributed by atoms with Crippen molar-refractivity contribution in [3.8, 4) is 6.07 Å². The predicted octanol–water partition coefficient (Wildman–Crippen LogP) is 1.08. The molecule has 2 heterocycles. The van der Waals surface area contributed by atoms with Crippen LogP contribution < -0.4 is 15.8 Å². The van der Waals surface area contributed by atoms with Crippen LogP contribution in [-0.4, -0.2) is 53.1 Å². The van der Waals surface area contributed by atoms with Crippen molar-refractivity contribution in [3.63, 3.8) is 0 Å². The van der Waals surface area contributed by atoms with Crippen molar-refractivity contribution >= 4 is 11.8 Å². The van der Waals surface area contributed by atoms with Crippen LogP contribution in [0.3, 0.4) is 0 Å². The van der Waals surface area contributed by atoms with Crippen molar-refractivity contribution < 1.29 is 4.39 Å². The highest BCUT2D eigenvalue weighted by Crippen LogP contribution is 2.13. The molecule has 2 aromatic rings. The number of guanidine groups is 1. The molecule has 29 heavy (non-hydrogen) atoms. The fourth-order valence-corrected chi connectivity index (χ4v) is 3.18. The molecule has 0 spiro atoms. The van der Waals surface area contributed by atoms with Crippen LogP contribution in [0.4, 0.5) is 10.2 Å². The highest BCUT2D eigenvalue weighted by molar-refractivity contribution is 5.80. The van der Waals surface area contributed by atoms with Crippen LogP contribution >= 0.6 is 0 Å². The van der Waals surface area contributed by atoms with Gasteiger partial charge >= 0.3 is 0 Å². The molecule has 1 N–H and O–H groups in total. The third kappa shape index (κ3) is 4.71. The summed E-state index contributed by atoms with van der Waals surface area (Å²) in [6, 6.07) is 6.29. The van der Waals surface area contributed by atoms with Crippen LogP contribution in [0, 0.1) is 17.1 Å². The Morgan fingerprint density at radius 1 is 1.34 bits per heavy atom. The first-order chi connectivity index (χ1) is 14.0. The van der Waals surface area contributed by atoms with Gasteiger partial charge in [0, 0.05) is 57.7 Å². The number of nitrogens with one attached hydrogen (secondary N) is 1. The van der Waals surface area contributed by atoms with Crippen molar-refractivity contribution in [2.24, 2.45) is 12.0 Å². The second kappa shape index (κ2) is 9.19. The van der Waals surface area contributed by atoms with Crippen molar-refractivity contribution in [2.75, 3.05) is 37.6 Å². The number of aromatic nitrogens is 2. The Balaban J connectivity index is 1.71. The summed E-state index contributed by atoms with van der Waals surface area (Å²) in [6.07, 6.45) is 3.26. The highest BCUT2D eigenvalue weighted by Gasteiger charge is 2.22. The minimum Gasteiger partial charge on any atom is -0.357 e. The van der Waals surface area contributed by atoms with Crippen LogP contribution in [0.25, 0.3) is 0 Å². The van der Waals surface area contributed by atoms with E-state index in [1.54, 1.807) is 19.4 Å². The largest absolute Gasteiger partial charge is 0.357 e. The normalized spacial score (nSPS) is 14.6. The zero-order chi connectivity index (χ0) is 20.8. The number of hydrogen-bond donors (Lipinski definition) is 1. The molecule has 0 unspecified atom stereocenters. The topological polar surface area (TPSA) is 89.6 Å². The summed E-state index contributed by atoms with van der Waals surface area (Å²) in [5.74, 6) is 0.759. The molecule has 0 bridgehead atoms. The van der Waals surface area contributed by atoms with Crippen LogP contribution in [-0.2, 0) is 13.6 Å². The lowest BCUT2D eigenvalue weighted by Gasteiger charge is -2.36. The monoisotopic (exact) mass is 397 g/mol. The van der Waals surface area contributed by atoms with Gasteiger partial charge in [-0.05, 0) is 25.1 Å². The molecule has 9 heteroatoms. The molecule has 0 radical (unpaired) electrons. The van der Waals surface area contributed by atoms with E-state index in [2.05, 4.69) is 20.2 Å². The highest BCUT2D eigenvalue weighted by atomic mass is 19.1. The fraction of sp³-hybridized carbons (Fsp3) is 0.400. The van der Waals surface area contributed by atoms with E-state index in [1.165, 1.54) is 22.8 Å². The summed E-state index contributed by atoms with van der Waals surface area (Å²) >= 11 is 0. The number of aryl methyl sites for hydroxylation is 1. The average molecular weight is 397 g/mol. The fourth-order valence-electron chi connectivity index (χ4n) is 3.18. The number of nitriles is 1. The molecule has 3 rings (SSSR count). The third-order valence-electron chi connectivity index (χ3n) is 4.79. The summed E-state index contributed by atoms with van der Waals surface area (Å²) < 4.78 is 15.6. The van der Waals surface area contributed by atoms with Gasteiger partial charge < -0.3 is 19.7 Å². The summed E-state index contributed by atoms with van der Waals surface area (Å²) in [7, 11) is 1.71. The van der Waals surface area contributed by atoms with Gasteiger partial charge in [-0.2, -0.15) is 5.26 Å². The maximum absolute atomic E-state index is 14.0. The quantitative estimate of drug-likeness (QED) is 0.613. The number of rotatable bonds is 4. The van der Waals surface area contributed by atoms with Gasteiger partial charge in [0.05, 0.1) is 18.2 Å². The molecule has 8 nitrogen and oxygen atoms in total. The molecule has 152 valence electrons. The Morgan fingerprint density at radius 3 is 2.79 bits per heavy atom. The van der Waals surface area contributed by atoms with Crippen LogP contribution in [0.1, 0.15) is 18.1 Å². The molecule has 1 aromatic heterocycles. The second-order valence-electron chi connectivity index (χ2n) is 6.73. The maximum Gasteiger partial charge on any atom is 0.293 e. The number of aliphatic imine (C=N–C) groups is 1. The molecule has 1 aromatic carbocycles. The number of hydrogen-bond acceptors (Lipinski definition) is 5. The van der Waals surface area contributed by atoms with Crippen molar-refractivity contribution in [1.82, 2.24) is 19.8 Å². The molecule has 1 aliphatic rings. The molecule has 0 amide bonds. The van der Waals surface area contributed by atoms with Gasteiger partial charge in [0.2, 0.25) is 0 Å². The van der Waals surface area contributed by atoms with Crippen LogP contribution in [0.5, 0.6) is 0 Å². The number of piperazine rings is 1. The Bertz CT molecular complexity index is 987. The lowest BCUT2D eigenvalue weighted by molar-refractivity contribution is 0.370.